The van der Waals surface area contributed by atoms with Crippen molar-refractivity contribution in [1.29, 1.82) is 0 Å². The van der Waals surface area contributed by atoms with Crippen molar-refractivity contribution < 1.29 is 17.6 Å². The zero-order valence-electron chi connectivity index (χ0n) is 10.1. The molecule has 2 unspecified atom stereocenters. The average molecular weight is 253 g/mol. The second-order valence-electron chi connectivity index (χ2n) is 4.99. The Kier molecular flexibility index (Phi) is 4.98. The maximum Gasteiger partial charge on any atom is 0.319 e. The van der Waals surface area contributed by atoms with Gasteiger partial charge >= 0.3 is 12.3 Å². The smallest absolute Gasteiger partial charge is 0.311 e. The van der Waals surface area contributed by atoms with Crippen LogP contribution in [0.2, 0.25) is 0 Å². The lowest BCUT2D eigenvalue weighted by molar-refractivity contribution is -0.125. The summed E-state index contributed by atoms with van der Waals surface area (Å²) in [5.41, 5.74) is 1.25. The number of allylic oxidation sites excluding steroid dienone is 2. The van der Waals surface area contributed by atoms with E-state index in [1.54, 1.807) is 0 Å². The molecule has 1 aliphatic rings. The van der Waals surface area contributed by atoms with Crippen molar-refractivity contribution in [3.63, 3.8) is 0 Å². The highest BCUT2D eigenvalue weighted by Gasteiger charge is 2.40. The third-order valence-electron chi connectivity index (χ3n) is 3.00. The molecule has 0 heterocycles. The summed E-state index contributed by atoms with van der Waals surface area (Å²) in [5.74, 6) is -3.22. The molecule has 0 amide bonds. The summed E-state index contributed by atoms with van der Waals surface area (Å²) in [7, 11) is 0. The number of nitrogens with one attached hydrogen (secondary N) is 1. The first-order valence-electron chi connectivity index (χ1n) is 5.85. The molecule has 0 aromatic heterocycles. The molecule has 5 heteroatoms. The number of halogens is 4. The van der Waals surface area contributed by atoms with Crippen LogP contribution < -0.4 is 5.32 Å². The van der Waals surface area contributed by atoms with Gasteiger partial charge in [0.05, 0.1) is 6.54 Å². The van der Waals surface area contributed by atoms with Gasteiger partial charge in [0.15, 0.2) is 0 Å². The summed E-state index contributed by atoms with van der Waals surface area (Å²) in [6.07, 6.45) is 0.355. The van der Waals surface area contributed by atoms with Crippen LogP contribution in [0.15, 0.2) is 11.6 Å². The maximum absolute atomic E-state index is 12.6. The van der Waals surface area contributed by atoms with Gasteiger partial charge in [-0.1, -0.05) is 18.6 Å². The summed E-state index contributed by atoms with van der Waals surface area (Å²) in [4.78, 5) is 0. The van der Waals surface area contributed by atoms with Crippen LogP contribution in [0.1, 0.15) is 26.7 Å². The Morgan fingerprint density at radius 1 is 1.47 bits per heavy atom. The van der Waals surface area contributed by atoms with Crippen LogP contribution in [0, 0.1) is 11.8 Å². The van der Waals surface area contributed by atoms with Crippen LogP contribution in [0.4, 0.5) is 17.6 Å². The van der Waals surface area contributed by atoms with Gasteiger partial charge in [-0.25, -0.2) is 8.78 Å². The molecule has 1 nitrogen and oxygen atoms in total. The highest BCUT2D eigenvalue weighted by Crippen LogP contribution is 2.27. The molecule has 2 atom stereocenters. The Bertz CT molecular complexity index is 276. The molecule has 17 heavy (non-hydrogen) atoms. The fourth-order valence-corrected chi connectivity index (χ4v) is 2.36. The number of hydrogen-bond donors (Lipinski definition) is 1. The zero-order chi connectivity index (χ0) is 13.1. The van der Waals surface area contributed by atoms with E-state index in [-0.39, 0.29) is 5.92 Å². The van der Waals surface area contributed by atoms with Crippen molar-refractivity contribution in [1.82, 2.24) is 5.32 Å². The summed E-state index contributed by atoms with van der Waals surface area (Å²) in [6.45, 7) is 3.51. The van der Waals surface area contributed by atoms with Gasteiger partial charge in [-0.05, 0) is 38.1 Å². The molecule has 0 bridgehead atoms. The van der Waals surface area contributed by atoms with Crippen molar-refractivity contribution in [3.8, 4) is 0 Å². The standard InChI is InChI=1S/C12H19F4N/c1-8-3-9(2)5-10(4-8)6-17-7-12(15,16)11(13)14/h3,8,10-11,17H,4-7H2,1-2H3. The number of hydrogen-bond acceptors (Lipinski definition) is 1. The molecule has 0 spiro atoms. The molecule has 1 rings (SSSR count). The summed E-state index contributed by atoms with van der Waals surface area (Å²) < 4.78 is 49.1. The van der Waals surface area contributed by atoms with E-state index in [0.29, 0.717) is 12.5 Å². The Balaban J connectivity index is 2.31. The summed E-state index contributed by atoms with van der Waals surface area (Å²) in [6, 6.07) is 0. The van der Waals surface area contributed by atoms with E-state index < -0.39 is 18.9 Å². The van der Waals surface area contributed by atoms with E-state index in [1.807, 2.05) is 6.92 Å². The van der Waals surface area contributed by atoms with Gasteiger partial charge in [-0.3, -0.25) is 0 Å². The van der Waals surface area contributed by atoms with E-state index in [4.69, 9.17) is 0 Å². The molecule has 0 aromatic rings. The largest absolute Gasteiger partial charge is 0.319 e. The van der Waals surface area contributed by atoms with Crippen LogP contribution >= 0.6 is 0 Å². The monoisotopic (exact) mass is 253 g/mol. The first kappa shape index (κ1) is 14.5. The lowest BCUT2D eigenvalue weighted by Gasteiger charge is -2.26. The van der Waals surface area contributed by atoms with Crippen LogP contribution in [0.3, 0.4) is 0 Å². The van der Waals surface area contributed by atoms with E-state index in [1.165, 1.54) is 5.57 Å². The van der Waals surface area contributed by atoms with Crippen molar-refractivity contribution in [3.05, 3.63) is 11.6 Å². The van der Waals surface area contributed by atoms with Gasteiger partial charge in [-0.2, -0.15) is 8.78 Å². The molecular formula is C12H19F4N. The topological polar surface area (TPSA) is 12.0 Å². The third kappa shape index (κ3) is 4.66. The second-order valence-corrected chi connectivity index (χ2v) is 4.99. The van der Waals surface area contributed by atoms with Crippen LogP contribution in [-0.4, -0.2) is 25.4 Å². The molecule has 100 valence electrons. The van der Waals surface area contributed by atoms with E-state index in [2.05, 4.69) is 18.3 Å². The second kappa shape index (κ2) is 5.85. The Morgan fingerprint density at radius 3 is 2.65 bits per heavy atom. The minimum atomic E-state index is -3.93. The molecule has 0 aliphatic heterocycles. The van der Waals surface area contributed by atoms with Crippen molar-refractivity contribution in [2.75, 3.05) is 13.1 Å². The average Bonchev–Trinajstić information content (AvgIpc) is 2.15. The molecule has 1 aliphatic carbocycles. The number of alkyl halides is 4. The van der Waals surface area contributed by atoms with Crippen molar-refractivity contribution >= 4 is 0 Å². The predicted octanol–water partition coefficient (Wildman–Crippen LogP) is 3.47. The minimum absolute atomic E-state index is 0.267. The first-order chi connectivity index (χ1) is 7.81. The zero-order valence-corrected chi connectivity index (χ0v) is 10.1. The fraction of sp³-hybridized carbons (Fsp3) is 0.833. The molecule has 0 fully saturated rings. The highest BCUT2D eigenvalue weighted by molar-refractivity contribution is 5.06. The summed E-state index contributed by atoms with van der Waals surface area (Å²) >= 11 is 0. The lowest BCUT2D eigenvalue weighted by Crippen LogP contribution is -2.40. The fourth-order valence-electron chi connectivity index (χ4n) is 2.36. The highest BCUT2D eigenvalue weighted by atomic mass is 19.3. The van der Waals surface area contributed by atoms with Crippen LogP contribution in [-0.2, 0) is 0 Å². The van der Waals surface area contributed by atoms with E-state index >= 15 is 0 Å². The van der Waals surface area contributed by atoms with Gasteiger partial charge in [-0.15, -0.1) is 0 Å². The molecule has 0 saturated heterocycles. The van der Waals surface area contributed by atoms with Gasteiger partial charge in [0, 0.05) is 0 Å². The summed E-state index contributed by atoms with van der Waals surface area (Å²) in [5, 5.41) is 2.46. The Labute approximate surface area is 99.3 Å². The first-order valence-corrected chi connectivity index (χ1v) is 5.85. The quantitative estimate of drug-likeness (QED) is 0.584. The van der Waals surface area contributed by atoms with Crippen LogP contribution in [0.25, 0.3) is 0 Å². The van der Waals surface area contributed by atoms with E-state index in [0.717, 1.165) is 12.8 Å². The molecular weight excluding hydrogens is 234 g/mol. The maximum atomic E-state index is 12.6. The SMILES string of the molecule is CC1=CC(C)CC(CNCC(F)(F)C(F)F)C1. The molecule has 1 N–H and O–H groups in total. The lowest BCUT2D eigenvalue weighted by atomic mass is 9.84. The Morgan fingerprint density at radius 2 is 2.12 bits per heavy atom. The molecule has 0 saturated carbocycles. The van der Waals surface area contributed by atoms with Gasteiger partial charge < -0.3 is 5.32 Å². The van der Waals surface area contributed by atoms with Crippen LogP contribution in [0.5, 0.6) is 0 Å². The van der Waals surface area contributed by atoms with Gasteiger partial charge in [0.2, 0.25) is 0 Å². The molecule has 0 aromatic carbocycles. The van der Waals surface area contributed by atoms with Crippen molar-refractivity contribution in [2.24, 2.45) is 11.8 Å². The van der Waals surface area contributed by atoms with Gasteiger partial charge in [0.25, 0.3) is 0 Å². The van der Waals surface area contributed by atoms with Crippen molar-refractivity contribution in [2.45, 2.75) is 39.0 Å². The normalized spacial score (nSPS) is 26.2. The van der Waals surface area contributed by atoms with E-state index in [9.17, 15) is 17.6 Å². The predicted molar refractivity (Wildman–Crippen MR) is 59.5 cm³/mol. The number of rotatable bonds is 5. The molecule has 0 radical (unpaired) electrons. The van der Waals surface area contributed by atoms with Gasteiger partial charge in [0.1, 0.15) is 0 Å². The third-order valence-corrected chi connectivity index (χ3v) is 3.00. The minimum Gasteiger partial charge on any atom is -0.311 e. The Hall–Kier alpha value is -0.580.